The molecule has 12 rings (SSSR count). The first-order chi connectivity index (χ1) is 32.2. The van der Waals surface area contributed by atoms with Gasteiger partial charge in [0.15, 0.2) is 8.07 Å². The normalized spacial score (nSPS) is 11.7. The van der Waals surface area contributed by atoms with Gasteiger partial charge in [-0.2, -0.15) is 0 Å². The highest BCUT2D eigenvalue weighted by Crippen LogP contribution is 2.44. The molecule has 0 radical (unpaired) electrons. The fourth-order valence-electron chi connectivity index (χ4n) is 10.2. The molecule has 0 saturated carbocycles. The molecule has 0 aliphatic carbocycles. The van der Waals surface area contributed by atoms with E-state index in [-0.39, 0.29) is 0 Å². The zero-order valence-electron chi connectivity index (χ0n) is 35.7. The summed E-state index contributed by atoms with van der Waals surface area (Å²) in [6, 6.07) is 95.5. The number of rotatable bonds is 9. The Morgan fingerprint density at radius 1 is 0.323 bits per heavy atom. The van der Waals surface area contributed by atoms with Gasteiger partial charge in [-0.05, 0) is 108 Å². The Morgan fingerprint density at radius 2 is 0.892 bits per heavy atom. The minimum absolute atomic E-state index is 0.887. The average molecular weight is 846 g/mol. The molecule has 0 N–H and O–H groups in total. The van der Waals surface area contributed by atoms with E-state index in [0.717, 1.165) is 55.3 Å². The first-order valence-corrected chi connectivity index (χ1v) is 24.3. The fraction of sp³-hybridized carbons (Fsp3) is 0. The molecule has 0 aliphatic heterocycles. The quantitative estimate of drug-likeness (QED) is 0.106. The van der Waals surface area contributed by atoms with Crippen LogP contribution in [-0.4, -0.2) is 8.07 Å². The van der Waals surface area contributed by atoms with Gasteiger partial charge < -0.3 is 9.32 Å². The Kier molecular flexibility index (Phi) is 9.55. The first kappa shape index (κ1) is 38.4. The Bertz CT molecular complexity index is 3540. The van der Waals surface area contributed by atoms with Crippen LogP contribution in [0.2, 0.25) is 0 Å². The SMILES string of the molecule is c1ccc(-c2cccc3ccc(-c4ccc(N(c5cccc([Si](c6ccccc6)(c6ccccc6)c6ccccc6)c5)c5cccc6ccc7c8ccccc8oc7c56)cc4)cc23)cc1. The van der Waals surface area contributed by atoms with Gasteiger partial charge >= 0.3 is 0 Å². The van der Waals surface area contributed by atoms with E-state index in [1.807, 2.05) is 6.07 Å². The summed E-state index contributed by atoms with van der Waals surface area (Å²) in [6.45, 7) is 0. The number of hydrogen-bond acceptors (Lipinski definition) is 2. The molecule has 0 amide bonds. The van der Waals surface area contributed by atoms with Crippen molar-refractivity contribution in [2.45, 2.75) is 0 Å². The van der Waals surface area contributed by atoms with Crippen LogP contribution >= 0.6 is 0 Å². The second-order valence-corrected chi connectivity index (χ2v) is 20.6. The molecule has 12 aromatic rings. The van der Waals surface area contributed by atoms with Gasteiger partial charge in [-0.1, -0.05) is 212 Å². The van der Waals surface area contributed by atoms with E-state index in [9.17, 15) is 0 Å². The van der Waals surface area contributed by atoms with Crippen molar-refractivity contribution < 1.29 is 4.42 Å². The maximum absolute atomic E-state index is 6.81. The minimum atomic E-state index is -2.85. The summed E-state index contributed by atoms with van der Waals surface area (Å²) < 4.78 is 6.81. The third-order valence-corrected chi connectivity index (χ3v) is 18.0. The van der Waals surface area contributed by atoms with Gasteiger partial charge in [-0.3, -0.25) is 0 Å². The van der Waals surface area contributed by atoms with Crippen molar-refractivity contribution >= 4 is 89.4 Å². The van der Waals surface area contributed by atoms with Crippen LogP contribution < -0.4 is 25.6 Å². The number of anilines is 3. The van der Waals surface area contributed by atoms with E-state index in [0.29, 0.717) is 0 Å². The molecule has 3 heteroatoms. The topological polar surface area (TPSA) is 16.4 Å². The molecule has 0 saturated heterocycles. The van der Waals surface area contributed by atoms with Crippen molar-refractivity contribution in [1.82, 2.24) is 0 Å². The van der Waals surface area contributed by atoms with E-state index in [1.54, 1.807) is 0 Å². The summed E-state index contributed by atoms with van der Waals surface area (Å²) in [4.78, 5) is 2.44. The standard InChI is InChI=1S/C62H43NOSi/c1-5-18-45(19-6-1)55-31-15-20-46-34-35-48(42-58(46)55)44-36-39-49(40-37-44)63(59-32-16-21-47-38-41-57-56-30-13-14-33-60(56)64-62(57)61(47)59)50-22-17-29-54(43-50)65(51-23-7-2-8-24-51,52-25-9-3-10-26-52)53-27-11-4-12-28-53/h1-43H. The van der Waals surface area contributed by atoms with Gasteiger partial charge in [0.1, 0.15) is 11.2 Å². The smallest absolute Gasteiger partial charge is 0.179 e. The molecule has 306 valence electrons. The monoisotopic (exact) mass is 845 g/mol. The average Bonchev–Trinajstić information content (AvgIpc) is 3.77. The van der Waals surface area contributed by atoms with Crippen molar-refractivity contribution in [3.8, 4) is 22.3 Å². The van der Waals surface area contributed by atoms with Crippen LogP contribution in [0.25, 0.3) is 65.7 Å². The van der Waals surface area contributed by atoms with Crippen LogP contribution in [-0.2, 0) is 0 Å². The number of fused-ring (bicyclic) bond motifs is 6. The maximum atomic E-state index is 6.81. The summed E-state index contributed by atoms with van der Waals surface area (Å²) in [5.74, 6) is 0. The summed E-state index contributed by atoms with van der Waals surface area (Å²) in [5.41, 5.74) is 9.77. The predicted octanol–water partition coefficient (Wildman–Crippen LogP) is 14.1. The van der Waals surface area contributed by atoms with Crippen LogP contribution in [0.1, 0.15) is 0 Å². The largest absolute Gasteiger partial charge is 0.455 e. The lowest BCUT2D eigenvalue weighted by molar-refractivity contribution is 0.672. The molecule has 0 spiro atoms. The van der Waals surface area contributed by atoms with Crippen molar-refractivity contribution in [2.24, 2.45) is 0 Å². The Hall–Kier alpha value is -8.24. The zero-order chi connectivity index (χ0) is 43.2. The number of nitrogens with zero attached hydrogens (tertiary/aromatic N) is 1. The van der Waals surface area contributed by atoms with Crippen molar-refractivity contribution in [2.75, 3.05) is 4.90 Å². The van der Waals surface area contributed by atoms with E-state index in [2.05, 4.69) is 260 Å². The third-order valence-electron chi connectivity index (χ3n) is 13.2. The third kappa shape index (κ3) is 6.56. The first-order valence-electron chi connectivity index (χ1n) is 22.3. The highest BCUT2D eigenvalue weighted by Gasteiger charge is 2.41. The lowest BCUT2D eigenvalue weighted by atomic mass is 9.95. The molecule has 0 aliphatic rings. The molecule has 1 aromatic heterocycles. The molecule has 0 bridgehead atoms. The molecule has 2 nitrogen and oxygen atoms in total. The molecular weight excluding hydrogens is 803 g/mol. The number of hydrogen-bond donors (Lipinski definition) is 0. The van der Waals surface area contributed by atoms with E-state index >= 15 is 0 Å². The summed E-state index contributed by atoms with van der Waals surface area (Å²) in [5, 5.41) is 12.2. The van der Waals surface area contributed by atoms with Gasteiger partial charge in [-0.25, -0.2) is 0 Å². The lowest BCUT2D eigenvalue weighted by Gasteiger charge is -2.35. The minimum Gasteiger partial charge on any atom is -0.455 e. The second kappa shape index (κ2) is 16.1. The van der Waals surface area contributed by atoms with Gasteiger partial charge in [0.2, 0.25) is 0 Å². The maximum Gasteiger partial charge on any atom is 0.179 e. The van der Waals surface area contributed by atoms with Gasteiger partial charge in [0, 0.05) is 27.5 Å². The molecule has 11 aromatic carbocycles. The Balaban J connectivity index is 1.08. The number of benzene rings is 11. The summed E-state index contributed by atoms with van der Waals surface area (Å²) in [7, 11) is -2.85. The van der Waals surface area contributed by atoms with Crippen LogP contribution in [0, 0.1) is 0 Å². The van der Waals surface area contributed by atoms with Crippen LogP contribution in [0.4, 0.5) is 17.1 Å². The zero-order valence-corrected chi connectivity index (χ0v) is 36.7. The van der Waals surface area contributed by atoms with Gasteiger partial charge in [0.05, 0.1) is 5.69 Å². The van der Waals surface area contributed by atoms with Crippen molar-refractivity contribution in [1.29, 1.82) is 0 Å². The number of furan rings is 1. The molecule has 0 fully saturated rings. The van der Waals surface area contributed by atoms with Crippen molar-refractivity contribution in [3.63, 3.8) is 0 Å². The van der Waals surface area contributed by atoms with E-state index in [1.165, 1.54) is 48.2 Å². The van der Waals surface area contributed by atoms with Gasteiger partial charge in [0.25, 0.3) is 0 Å². The van der Waals surface area contributed by atoms with Crippen molar-refractivity contribution in [3.05, 3.63) is 261 Å². The second-order valence-electron chi connectivity index (χ2n) is 16.8. The fourth-order valence-corrected chi connectivity index (χ4v) is 15.0. The van der Waals surface area contributed by atoms with Gasteiger partial charge in [-0.15, -0.1) is 0 Å². The highest BCUT2D eigenvalue weighted by molar-refractivity contribution is 7.19. The predicted molar refractivity (Wildman–Crippen MR) is 278 cm³/mol. The number of para-hydroxylation sites is 1. The summed E-state index contributed by atoms with van der Waals surface area (Å²) >= 11 is 0. The van der Waals surface area contributed by atoms with E-state index in [4.69, 9.17) is 4.42 Å². The summed E-state index contributed by atoms with van der Waals surface area (Å²) in [6.07, 6.45) is 0. The Morgan fingerprint density at radius 3 is 1.60 bits per heavy atom. The lowest BCUT2D eigenvalue weighted by Crippen LogP contribution is -2.74. The molecule has 0 atom stereocenters. The van der Waals surface area contributed by atoms with Crippen LogP contribution in [0.15, 0.2) is 265 Å². The van der Waals surface area contributed by atoms with E-state index < -0.39 is 8.07 Å². The van der Waals surface area contributed by atoms with Crippen LogP contribution in [0.3, 0.4) is 0 Å². The van der Waals surface area contributed by atoms with Crippen LogP contribution in [0.5, 0.6) is 0 Å². The molecule has 65 heavy (non-hydrogen) atoms. The molecule has 0 unspecified atom stereocenters. The highest BCUT2D eigenvalue weighted by atomic mass is 28.3. The molecular formula is C62H43NOSi. The molecule has 1 heterocycles. The Labute approximate surface area is 379 Å².